The van der Waals surface area contributed by atoms with Gasteiger partial charge >= 0.3 is 0 Å². The summed E-state index contributed by atoms with van der Waals surface area (Å²) in [6.45, 7) is 1.89. The second kappa shape index (κ2) is 7.79. The molecule has 0 aromatic heterocycles. The predicted molar refractivity (Wildman–Crippen MR) is 88.5 cm³/mol. The lowest BCUT2D eigenvalue weighted by Crippen LogP contribution is -2.31. The van der Waals surface area contributed by atoms with E-state index in [9.17, 15) is 4.79 Å². The van der Waals surface area contributed by atoms with Crippen LogP contribution < -0.4 is 10.1 Å². The van der Waals surface area contributed by atoms with Crippen molar-refractivity contribution in [3.63, 3.8) is 0 Å². The molecule has 0 aliphatic carbocycles. The third-order valence-electron chi connectivity index (χ3n) is 3.88. The molecule has 0 bridgehead atoms. The number of amides is 1. The lowest BCUT2D eigenvalue weighted by atomic mass is 10.2. The van der Waals surface area contributed by atoms with Crippen LogP contribution in [0.1, 0.15) is 28.8 Å². The van der Waals surface area contributed by atoms with E-state index in [0.717, 1.165) is 30.8 Å². The van der Waals surface area contributed by atoms with E-state index in [2.05, 4.69) is 5.32 Å². The molecule has 2 aromatic carbocycles. The monoisotopic (exact) mass is 311 g/mol. The maximum Gasteiger partial charge on any atom is 0.251 e. The first-order valence-corrected chi connectivity index (χ1v) is 7.98. The van der Waals surface area contributed by atoms with Crippen molar-refractivity contribution in [1.29, 1.82) is 0 Å². The van der Waals surface area contributed by atoms with E-state index >= 15 is 0 Å². The van der Waals surface area contributed by atoms with Crippen molar-refractivity contribution >= 4 is 5.91 Å². The van der Waals surface area contributed by atoms with Gasteiger partial charge in [0.1, 0.15) is 12.4 Å². The van der Waals surface area contributed by atoms with Gasteiger partial charge in [0.2, 0.25) is 0 Å². The van der Waals surface area contributed by atoms with Crippen molar-refractivity contribution in [3.8, 4) is 5.75 Å². The van der Waals surface area contributed by atoms with Crippen LogP contribution in [-0.4, -0.2) is 25.2 Å². The summed E-state index contributed by atoms with van der Waals surface area (Å²) in [4.78, 5) is 12.1. The molecular formula is C19H21NO3. The largest absolute Gasteiger partial charge is 0.489 e. The average Bonchev–Trinajstić information content (AvgIpc) is 3.13. The molecule has 0 radical (unpaired) electrons. The molecule has 1 aliphatic heterocycles. The van der Waals surface area contributed by atoms with Gasteiger partial charge in [-0.15, -0.1) is 0 Å². The molecule has 23 heavy (non-hydrogen) atoms. The SMILES string of the molecule is O=C(NCC1CCCO1)c1ccc(OCc2ccccc2)cc1. The Balaban J connectivity index is 1.49. The minimum Gasteiger partial charge on any atom is -0.489 e. The first-order valence-electron chi connectivity index (χ1n) is 7.98. The number of hydrogen-bond acceptors (Lipinski definition) is 3. The minimum atomic E-state index is -0.0740. The van der Waals surface area contributed by atoms with E-state index in [4.69, 9.17) is 9.47 Å². The summed E-state index contributed by atoms with van der Waals surface area (Å²) in [5.41, 5.74) is 1.75. The zero-order chi connectivity index (χ0) is 15.9. The Labute approximate surface area is 136 Å². The van der Waals surface area contributed by atoms with Gasteiger partial charge in [0.05, 0.1) is 6.10 Å². The van der Waals surface area contributed by atoms with Crippen LogP contribution >= 0.6 is 0 Å². The number of nitrogens with one attached hydrogen (secondary N) is 1. The van der Waals surface area contributed by atoms with Gasteiger partial charge in [-0.2, -0.15) is 0 Å². The highest BCUT2D eigenvalue weighted by Crippen LogP contribution is 2.15. The molecule has 1 atom stereocenters. The van der Waals surface area contributed by atoms with Crippen LogP contribution in [0.2, 0.25) is 0 Å². The van der Waals surface area contributed by atoms with Gasteiger partial charge in [-0.3, -0.25) is 4.79 Å². The molecule has 1 saturated heterocycles. The summed E-state index contributed by atoms with van der Waals surface area (Å²) >= 11 is 0. The Morgan fingerprint density at radius 2 is 1.91 bits per heavy atom. The molecule has 4 heteroatoms. The van der Waals surface area contributed by atoms with Gasteiger partial charge in [0, 0.05) is 18.7 Å². The van der Waals surface area contributed by atoms with Crippen molar-refractivity contribution in [2.24, 2.45) is 0 Å². The minimum absolute atomic E-state index is 0.0740. The first-order chi connectivity index (χ1) is 11.3. The fourth-order valence-electron chi connectivity index (χ4n) is 2.56. The van der Waals surface area contributed by atoms with Crippen LogP contribution in [0.4, 0.5) is 0 Å². The van der Waals surface area contributed by atoms with E-state index in [1.54, 1.807) is 12.1 Å². The van der Waals surface area contributed by atoms with Crippen molar-refractivity contribution < 1.29 is 14.3 Å². The normalized spacial score (nSPS) is 17.0. The van der Waals surface area contributed by atoms with Crippen molar-refractivity contribution in [2.75, 3.05) is 13.2 Å². The van der Waals surface area contributed by atoms with Crippen molar-refractivity contribution in [1.82, 2.24) is 5.32 Å². The fourth-order valence-corrected chi connectivity index (χ4v) is 2.56. The Kier molecular flexibility index (Phi) is 5.27. The smallest absolute Gasteiger partial charge is 0.251 e. The van der Waals surface area contributed by atoms with Gasteiger partial charge in [0.15, 0.2) is 0 Å². The van der Waals surface area contributed by atoms with Crippen LogP contribution in [0.25, 0.3) is 0 Å². The van der Waals surface area contributed by atoms with Crippen LogP contribution in [0, 0.1) is 0 Å². The van der Waals surface area contributed by atoms with Crippen LogP contribution in [0.5, 0.6) is 5.75 Å². The zero-order valence-corrected chi connectivity index (χ0v) is 13.0. The predicted octanol–water partition coefficient (Wildman–Crippen LogP) is 3.17. The van der Waals surface area contributed by atoms with E-state index in [-0.39, 0.29) is 12.0 Å². The van der Waals surface area contributed by atoms with E-state index in [0.29, 0.717) is 18.7 Å². The summed E-state index contributed by atoms with van der Waals surface area (Å²) in [7, 11) is 0. The molecule has 4 nitrogen and oxygen atoms in total. The lowest BCUT2D eigenvalue weighted by Gasteiger charge is -2.11. The van der Waals surface area contributed by atoms with E-state index in [1.165, 1.54) is 0 Å². The van der Waals surface area contributed by atoms with E-state index < -0.39 is 0 Å². The molecule has 1 N–H and O–H groups in total. The fraction of sp³-hybridized carbons (Fsp3) is 0.316. The topological polar surface area (TPSA) is 47.6 Å². The summed E-state index contributed by atoms with van der Waals surface area (Å²) in [5.74, 6) is 0.680. The molecule has 0 spiro atoms. The molecule has 1 aliphatic rings. The van der Waals surface area contributed by atoms with Gasteiger partial charge < -0.3 is 14.8 Å². The van der Waals surface area contributed by atoms with Crippen molar-refractivity contribution in [2.45, 2.75) is 25.6 Å². The lowest BCUT2D eigenvalue weighted by molar-refractivity contribution is 0.0857. The highest BCUT2D eigenvalue weighted by molar-refractivity contribution is 5.94. The second-order valence-corrected chi connectivity index (χ2v) is 5.64. The van der Waals surface area contributed by atoms with Gasteiger partial charge in [-0.1, -0.05) is 30.3 Å². The van der Waals surface area contributed by atoms with Gasteiger partial charge in [-0.25, -0.2) is 0 Å². The molecule has 1 amide bonds. The van der Waals surface area contributed by atoms with Crippen LogP contribution in [0.3, 0.4) is 0 Å². The maximum atomic E-state index is 12.1. The number of hydrogen-bond donors (Lipinski definition) is 1. The first kappa shape index (κ1) is 15.6. The standard InChI is InChI=1S/C19H21NO3/c21-19(20-13-18-7-4-12-22-18)16-8-10-17(11-9-16)23-14-15-5-2-1-3-6-15/h1-3,5-6,8-11,18H,4,7,12-14H2,(H,20,21). The third-order valence-corrected chi connectivity index (χ3v) is 3.88. The maximum absolute atomic E-state index is 12.1. The number of rotatable bonds is 6. The average molecular weight is 311 g/mol. The molecule has 3 rings (SSSR count). The molecule has 1 heterocycles. The Bertz CT molecular complexity index is 619. The Morgan fingerprint density at radius 3 is 2.61 bits per heavy atom. The molecule has 1 unspecified atom stereocenters. The summed E-state index contributed by atoms with van der Waals surface area (Å²) in [5, 5.41) is 2.91. The van der Waals surface area contributed by atoms with Crippen LogP contribution in [0.15, 0.2) is 54.6 Å². The third kappa shape index (κ3) is 4.57. The highest BCUT2D eigenvalue weighted by Gasteiger charge is 2.16. The molecule has 2 aromatic rings. The van der Waals surface area contributed by atoms with Crippen molar-refractivity contribution in [3.05, 3.63) is 65.7 Å². The summed E-state index contributed by atoms with van der Waals surface area (Å²) in [6.07, 6.45) is 2.26. The number of carbonyl (C=O) groups excluding carboxylic acids is 1. The number of ether oxygens (including phenoxy) is 2. The quantitative estimate of drug-likeness (QED) is 0.891. The highest BCUT2D eigenvalue weighted by atomic mass is 16.5. The number of benzene rings is 2. The second-order valence-electron chi connectivity index (χ2n) is 5.64. The van der Waals surface area contributed by atoms with Crippen LogP contribution in [-0.2, 0) is 11.3 Å². The zero-order valence-electron chi connectivity index (χ0n) is 13.0. The van der Waals surface area contributed by atoms with Gasteiger partial charge in [-0.05, 0) is 42.7 Å². The summed E-state index contributed by atoms with van der Waals surface area (Å²) < 4.78 is 11.2. The summed E-state index contributed by atoms with van der Waals surface area (Å²) in [6, 6.07) is 17.2. The molecular weight excluding hydrogens is 290 g/mol. The number of carbonyl (C=O) groups is 1. The Hall–Kier alpha value is -2.33. The molecule has 120 valence electrons. The molecule has 0 saturated carbocycles. The Morgan fingerprint density at radius 1 is 1.13 bits per heavy atom. The van der Waals surface area contributed by atoms with Gasteiger partial charge in [0.25, 0.3) is 5.91 Å². The molecule has 1 fully saturated rings. The van der Waals surface area contributed by atoms with E-state index in [1.807, 2.05) is 42.5 Å².